The van der Waals surface area contributed by atoms with Crippen molar-refractivity contribution in [2.75, 3.05) is 7.05 Å². The van der Waals surface area contributed by atoms with Gasteiger partial charge in [0.05, 0.1) is 11.7 Å². The van der Waals surface area contributed by atoms with Crippen LogP contribution in [0.2, 0.25) is 0 Å². The van der Waals surface area contributed by atoms with E-state index in [1.54, 1.807) is 0 Å². The molecule has 13 heavy (non-hydrogen) atoms. The van der Waals surface area contributed by atoms with Crippen molar-refractivity contribution in [3.8, 4) is 0 Å². The van der Waals surface area contributed by atoms with Crippen molar-refractivity contribution in [1.82, 2.24) is 15.1 Å². The highest BCUT2D eigenvalue weighted by Crippen LogP contribution is 2.36. The molecule has 0 aromatic carbocycles. The molecule has 1 fully saturated rings. The number of aryl methyl sites for hydroxylation is 1. The second kappa shape index (κ2) is 3.50. The van der Waals surface area contributed by atoms with Crippen LogP contribution in [0.1, 0.15) is 31.0 Å². The molecule has 0 spiro atoms. The summed E-state index contributed by atoms with van der Waals surface area (Å²) in [6, 6.07) is 2.58. The number of hydrogen-bond acceptors (Lipinski definition) is 2. The van der Waals surface area contributed by atoms with E-state index < -0.39 is 0 Å². The number of nitrogens with zero attached hydrogens (tertiary/aromatic N) is 2. The maximum atomic E-state index is 4.44. The normalized spacial score (nSPS) is 19.8. The predicted octanol–water partition coefficient (Wildman–Crippen LogP) is 1.48. The SMILES string of the molecule is CNC(c1ccn(C)n1)C1CCC1. The van der Waals surface area contributed by atoms with Gasteiger partial charge in [0, 0.05) is 13.2 Å². The number of rotatable bonds is 3. The van der Waals surface area contributed by atoms with Crippen molar-refractivity contribution in [2.45, 2.75) is 25.3 Å². The van der Waals surface area contributed by atoms with Crippen molar-refractivity contribution in [1.29, 1.82) is 0 Å². The van der Waals surface area contributed by atoms with Gasteiger partial charge in [-0.1, -0.05) is 6.42 Å². The van der Waals surface area contributed by atoms with E-state index in [4.69, 9.17) is 0 Å². The summed E-state index contributed by atoms with van der Waals surface area (Å²) < 4.78 is 1.87. The quantitative estimate of drug-likeness (QED) is 0.761. The third-order valence-corrected chi connectivity index (χ3v) is 2.99. The highest BCUT2D eigenvalue weighted by Gasteiger charge is 2.28. The van der Waals surface area contributed by atoms with E-state index in [1.165, 1.54) is 25.0 Å². The lowest BCUT2D eigenvalue weighted by atomic mass is 9.78. The van der Waals surface area contributed by atoms with E-state index in [2.05, 4.69) is 16.5 Å². The molecule has 1 aliphatic rings. The van der Waals surface area contributed by atoms with Crippen LogP contribution in [-0.4, -0.2) is 16.8 Å². The third kappa shape index (κ3) is 1.61. The minimum Gasteiger partial charge on any atom is -0.311 e. The van der Waals surface area contributed by atoms with Gasteiger partial charge in [-0.2, -0.15) is 5.10 Å². The fourth-order valence-electron chi connectivity index (χ4n) is 2.00. The zero-order valence-electron chi connectivity index (χ0n) is 8.33. The van der Waals surface area contributed by atoms with Crippen LogP contribution in [0.3, 0.4) is 0 Å². The first-order valence-corrected chi connectivity index (χ1v) is 4.98. The first kappa shape index (κ1) is 8.75. The number of nitrogens with one attached hydrogen (secondary N) is 1. The Bertz CT molecular complexity index is 275. The summed E-state index contributed by atoms with van der Waals surface area (Å²) in [6.45, 7) is 0. The van der Waals surface area contributed by atoms with Gasteiger partial charge in [0.1, 0.15) is 0 Å². The topological polar surface area (TPSA) is 29.9 Å². The Kier molecular flexibility index (Phi) is 2.36. The van der Waals surface area contributed by atoms with E-state index in [-0.39, 0.29) is 0 Å². The van der Waals surface area contributed by atoms with Crippen molar-refractivity contribution in [3.63, 3.8) is 0 Å². The first-order valence-electron chi connectivity index (χ1n) is 4.98. The average Bonchev–Trinajstić information content (AvgIpc) is 2.43. The fraction of sp³-hybridized carbons (Fsp3) is 0.700. The van der Waals surface area contributed by atoms with Gasteiger partial charge < -0.3 is 5.32 Å². The molecule has 3 nitrogen and oxygen atoms in total. The van der Waals surface area contributed by atoms with Crippen LogP contribution in [0.25, 0.3) is 0 Å². The molecular formula is C10H17N3. The number of hydrogen-bond donors (Lipinski definition) is 1. The monoisotopic (exact) mass is 179 g/mol. The van der Waals surface area contributed by atoms with Gasteiger partial charge in [-0.15, -0.1) is 0 Å². The molecule has 3 heteroatoms. The van der Waals surface area contributed by atoms with Gasteiger partial charge >= 0.3 is 0 Å². The smallest absolute Gasteiger partial charge is 0.0796 e. The summed E-state index contributed by atoms with van der Waals surface area (Å²) in [6.07, 6.45) is 6.10. The Labute approximate surface area is 79.1 Å². The summed E-state index contributed by atoms with van der Waals surface area (Å²) in [5.41, 5.74) is 1.19. The lowest BCUT2D eigenvalue weighted by Gasteiger charge is -2.32. The molecule has 72 valence electrons. The average molecular weight is 179 g/mol. The summed E-state index contributed by atoms with van der Waals surface area (Å²) in [5.74, 6) is 0.805. The van der Waals surface area contributed by atoms with Gasteiger partial charge in [-0.25, -0.2) is 0 Å². The summed E-state index contributed by atoms with van der Waals surface area (Å²) in [4.78, 5) is 0. The highest BCUT2D eigenvalue weighted by atomic mass is 15.3. The van der Waals surface area contributed by atoms with Crippen LogP contribution in [0.15, 0.2) is 12.3 Å². The minimum atomic E-state index is 0.468. The molecule has 1 unspecified atom stereocenters. The molecule has 0 aliphatic heterocycles. The molecule has 1 aromatic heterocycles. The Morgan fingerprint density at radius 2 is 2.38 bits per heavy atom. The third-order valence-electron chi connectivity index (χ3n) is 2.99. The van der Waals surface area contributed by atoms with Crippen molar-refractivity contribution >= 4 is 0 Å². The molecule has 1 aromatic rings. The molecule has 0 amide bonds. The Balaban J connectivity index is 2.11. The summed E-state index contributed by atoms with van der Waals surface area (Å²) >= 11 is 0. The molecule has 1 heterocycles. The first-order chi connectivity index (χ1) is 6.31. The van der Waals surface area contributed by atoms with Gasteiger partial charge in [0.25, 0.3) is 0 Å². The molecule has 1 aliphatic carbocycles. The number of aromatic nitrogens is 2. The van der Waals surface area contributed by atoms with Gasteiger partial charge in [0.2, 0.25) is 0 Å². The van der Waals surface area contributed by atoms with E-state index in [0.29, 0.717) is 6.04 Å². The molecular weight excluding hydrogens is 162 g/mol. The van der Waals surface area contributed by atoms with E-state index >= 15 is 0 Å². The second-order valence-corrected chi connectivity index (χ2v) is 3.87. The van der Waals surface area contributed by atoms with Crippen LogP contribution in [0.5, 0.6) is 0 Å². The van der Waals surface area contributed by atoms with Gasteiger partial charge in [-0.3, -0.25) is 4.68 Å². The Morgan fingerprint density at radius 1 is 1.62 bits per heavy atom. The van der Waals surface area contributed by atoms with Crippen LogP contribution in [0.4, 0.5) is 0 Å². The van der Waals surface area contributed by atoms with Crippen LogP contribution >= 0.6 is 0 Å². The maximum absolute atomic E-state index is 4.44. The second-order valence-electron chi connectivity index (χ2n) is 3.87. The zero-order chi connectivity index (χ0) is 9.26. The molecule has 0 bridgehead atoms. The lowest BCUT2D eigenvalue weighted by Crippen LogP contribution is -2.30. The van der Waals surface area contributed by atoms with Crippen LogP contribution in [0, 0.1) is 5.92 Å². The molecule has 1 saturated carbocycles. The van der Waals surface area contributed by atoms with Crippen molar-refractivity contribution < 1.29 is 0 Å². The van der Waals surface area contributed by atoms with Gasteiger partial charge in [-0.05, 0) is 31.9 Å². The van der Waals surface area contributed by atoms with Crippen molar-refractivity contribution in [3.05, 3.63) is 18.0 Å². The summed E-state index contributed by atoms with van der Waals surface area (Å²) in [7, 11) is 3.99. The van der Waals surface area contributed by atoms with Crippen molar-refractivity contribution in [2.24, 2.45) is 13.0 Å². The standard InChI is InChI=1S/C10H17N3/c1-11-10(8-4-3-5-8)9-6-7-13(2)12-9/h6-8,10-11H,3-5H2,1-2H3. The predicted molar refractivity (Wildman–Crippen MR) is 52.3 cm³/mol. The lowest BCUT2D eigenvalue weighted by molar-refractivity contribution is 0.235. The van der Waals surface area contributed by atoms with E-state index in [0.717, 1.165) is 5.92 Å². The van der Waals surface area contributed by atoms with E-state index in [1.807, 2.05) is 25.0 Å². The zero-order valence-corrected chi connectivity index (χ0v) is 8.33. The van der Waals surface area contributed by atoms with Gasteiger partial charge in [0.15, 0.2) is 0 Å². The van der Waals surface area contributed by atoms with Crippen LogP contribution in [-0.2, 0) is 7.05 Å². The minimum absolute atomic E-state index is 0.468. The largest absolute Gasteiger partial charge is 0.311 e. The molecule has 2 rings (SSSR count). The fourth-order valence-corrected chi connectivity index (χ4v) is 2.00. The maximum Gasteiger partial charge on any atom is 0.0796 e. The molecule has 0 radical (unpaired) electrons. The molecule has 1 N–H and O–H groups in total. The molecule has 0 saturated heterocycles. The molecule has 1 atom stereocenters. The van der Waals surface area contributed by atoms with Crippen LogP contribution < -0.4 is 5.32 Å². The highest BCUT2D eigenvalue weighted by molar-refractivity contribution is 5.08. The summed E-state index contributed by atoms with van der Waals surface area (Å²) in [5, 5.41) is 7.80. The van der Waals surface area contributed by atoms with E-state index in [9.17, 15) is 0 Å². The Morgan fingerprint density at radius 3 is 2.77 bits per heavy atom. The Hall–Kier alpha value is -0.830.